The van der Waals surface area contributed by atoms with Crippen molar-refractivity contribution in [1.82, 2.24) is 0 Å². The van der Waals surface area contributed by atoms with Crippen LogP contribution in [0.15, 0.2) is 186 Å². The van der Waals surface area contributed by atoms with E-state index in [2.05, 4.69) is 182 Å². The van der Waals surface area contributed by atoms with Gasteiger partial charge in [0.1, 0.15) is 11.2 Å². The number of hydrogen-bond donors (Lipinski definition) is 0. The van der Waals surface area contributed by atoms with Crippen LogP contribution < -0.4 is 0 Å². The fraction of sp³-hybridized carbons (Fsp3) is 0. The lowest BCUT2D eigenvalue weighted by Gasteiger charge is -2.19. The van der Waals surface area contributed by atoms with Gasteiger partial charge >= 0.3 is 0 Å². The lowest BCUT2D eigenvalue weighted by Crippen LogP contribution is -1.92. The van der Waals surface area contributed by atoms with Crippen LogP contribution in [0.4, 0.5) is 0 Å². The van der Waals surface area contributed by atoms with E-state index in [0.717, 1.165) is 11.2 Å². The molecular weight excluding hydrogens is 673 g/mol. The number of benzene rings is 10. The highest BCUT2D eigenvalue weighted by Crippen LogP contribution is 2.49. The summed E-state index contributed by atoms with van der Waals surface area (Å²) in [5.41, 5.74) is 9.39. The summed E-state index contributed by atoms with van der Waals surface area (Å²) in [7, 11) is 0. The number of thiophene rings is 1. The Kier molecular flexibility index (Phi) is 6.28. The fourth-order valence-corrected chi connectivity index (χ4v) is 10.2. The summed E-state index contributed by atoms with van der Waals surface area (Å²) >= 11 is 1.84. The third kappa shape index (κ3) is 4.20. The first-order valence-corrected chi connectivity index (χ1v) is 19.3. The summed E-state index contributed by atoms with van der Waals surface area (Å²) in [6.45, 7) is 0. The van der Waals surface area contributed by atoms with Crippen molar-refractivity contribution in [3.63, 3.8) is 0 Å². The summed E-state index contributed by atoms with van der Waals surface area (Å²) < 4.78 is 9.28. The van der Waals surface area contributed by atoms with Gasteiger partial charge in [-0.15, -0.1) is 11.3 Å². The van der Waals surface area contributed by atoms with E-state index in [1.807, 2.05) is 11.3 Å². The Morgan fingerprint density at radius 3 is 1.67 bits per heavy atom. The topological polar surface area (TPSA) is 13.1 Å². The van der Waals surface area contributed by atoms with Crippen molar-refractivity contribution in [2.45, 2.75) is 0 Å². The molecule has 2 heteroatoms. The van der Waals surface area contributed by atoms with Crippen LogP contribution in [-0.2, 0) is 0 Å². The third-order valence-electron chi connectivity index (χ3n) is 11.5. The highest BCUT2D eigenvalue weighted by Gasteiger charge is 2.21. The molecule has 0 aliphatic heterocycles. The molecule has 0 aliphatic rings. The standard InChI is InChI=1S/C52H30OS/c1-2-12-31(13-3-1)34-24-25-42(37-17-7-6-16-36(34)37)49-40-20-10-8-18-38(40)48(39-19-9-11-21-41(39)49)33-23-28-46-44(30-33)51-47(54-46)29-26-43-50-35-15-5-4-14-32(35)22-27-45(50)53-52(43)51/h1-30H. The molecule has 0 amide bonds. The van der Waals surface area contributed by atoms with Crippen molar-refractivity contribution >= 4 is 96.5 Å². The quantitative estimate of drug-likeness (QED) is 0.167. The van der Waals surface area contributed by atoms with Gasteiger partial charge < -0.3 is 4.42 Å². The molecular formula is C52H30OS. The molecule has 250 valence electrons. The molecule has 0 saturated carbocycles. The van der Waals surface area contributed by atoms with Gasteiger partial charge in [-0.05, 0) is 107 Å². The molecule has 2 aromatic heterocycles. The van der Waals surface area contributed by atoms with Crippen molar-refractivity contribution in [3.8, 4) is 33.4 Å². The monoisotopic (exact) mass is 702 g/mol. The maximum atomic E-state index is 6.77. The van der Waals surface area contributed by atoms with Crippen molar-refractivity contribution in [2.24, 2.45) is 0 Å². The highest BCUT2D eigenvalue weighted by atomic mass is 32.1. The van der Waals surface area contributed by atoms with Gasteiger partial charge in [-0.25, -0.2) is 0 Å². The lowest BCUT2D eigenvalue weighted by atomic mass is 9.83. The van der Waals surface area contributed by atoms with Gasteiger partial charge in [0.05, 0.1) is 0 Å². The third-order valence-corrected chi connectivity index (χ3v) is 12.6. The van der Waals surface area contributed by atoms with Gasteiger partial charge in [0.25, 0.3) is 0 Å². The Bertz CT molecular complexity index is 3440. The molecule has 1 nitrogen and oxygen atoms in total. The van der Waals surface area contributed by atoms with Crippen molar-refractivity contribution in [3.05, 3.63) is 182 Å². The van der Waals surface area contributed by atoms with E-state index >= 15 is 0 Å². The molecule has 0 radical (unpaired) electrons. The van der Waals surface area contributed by atoms with Gasteiger partial charge in [-0.1, -0.05) is 152 Å². The Morgan fingerprint density at radius 2 is 0.926 bits per heavy atom. The van der Waals surface area contributed by atoms with Gasteiger partial charge in [0.15, 0.2) is 0 Å². The SMILES string of the molecule is c1ccc(-c2ccc(-c3c4ccccc4c(-c4ccc5sc6ccc7c(oc8ccc9ccccc9c87)c6c5c4)c4ccccc34)c3ccccc23)cc1. The first kappa shape index (κ1) is 29.8. The normalized spacial score (nSPS) is 12.1. The number of fused-ring (bicyclic) bond motifs is 12. The predicted octanol–water partition coefficient (Wildman–Crippen LogP) is 15.6. The predicted molar refractivity (Wildman–Crippen MR) is 233 cm³/mol. The van der Waals surface area contributed by atoms with Crippen LogP contribution in [0.1, 0.15) is 0 Å². The second kappa shape index (κ2) is 11.4. The zero-order chi connectivity index (χ0) is 35.3. The van der Waals surface area contributed by atoms with Crippen LogP contribution in [-0.4, -0.2) is 0 Å². The van der Waals surface area contributed by atoms with Gasteiger partial charge in [0, 0.05) is 30.9 Å². The molecule has 0 atom stereocenters. The molecule has 12 rings (SSSR count). The molecule has 0 bridgehead atoms. The van der Waals surface area contributed by atoms with Crippen LogP contribution in [0.2, 0.25) is 0 Å². The molecule has 12 aromatic rings. The Morgan fingerprint density at radius 1 is 0.333 bits per heavy atom. The first-order chi connectivity index (χ1) is 26.8. The Balaban J connectivity index is 1.14. The lowest BCUT2D eigenvalue weighted by molar-refractivity contribution is 0.673. The maximum absolute atomic E-state index is 6.77. The minimum atomic E-state index is 0.934. The van der Waals surface area contributed by atoms with Crippen LogP contribution in [0.3, 0.4) is 0 Å². The average molecular weight is 703 g/mol. The summed E-state index contributed by atoms with van der Waals surface area (Å²) in [6, 6.07) is 66.7. The highest BCUT2D eigenvalue weighted by molar-refractivity contribution is 7.26. The molecule has 0 saturated heterocycles. The first-order valence-electron chi connectivity index (χ1n) is 18.5. The van der Waals surface area contributed by atoms with E-state index in [9.17, 15) is 0 Å². The summed E-state index contributed by atoms with van der Waals surface area (Å²) in [4.78, 5) is 0. The smallest absolute Gasteiger partial charge is 0.144 e. The molecule has 0 spiro atoms. The summed E-state index contributed by atoms with van der Waals surface area (Å²) in [5, 5.41) is 14.8. The van der Waals surface area contributed by atoms with E-state index in [1.165, 1.54) is 107 Å². The number of furan rings is 1. The van der Waals surface area contributed by atoms with Crippen LogP contribution >= 0.6 is 11.3 Å². The molecule has 54 heavy (non-hydrogen) atoms. The summed E-state index contributed by atoms with van der Waals surface area (Å²) in [6.07, 6.45) is 0. The van der Waals surface area contributed by atoms with E-state index in [0.29, 0.717) is 0 Å². The van der Waals surface area contributed by atoms with Crippen molar-refractivity contribution < 1.29 is 4.42 Å². The van der Waals surface area contributed by atoms with Gasteiger partial charge in [-0.3, -0.25) is 0 Å². The molecule has 0 unspecified atom stereocenters. The fourth-order valence-electron chi connectivity index (χ4n) is 9.14. The molecule has 0 fully saturated rings. The van der Waals surface area contributed by atoms with Gasteiger partial charge in [-0.2, -0.15) is 0 Å². The minimum absolute atomic E-state index is 0.934. The van der Waals surface area contributed by atoms with E-state index in [1.54, 1.807) is 0 Å². The molecule has 10 aromatic carbocycles. The maximum Gasteiger partial charge on any atom is 0.144 e. The zero-order valence-corrected chi connectivity index (χ0v) is 30.0. The largest absolute Gasteiger partial charge is 0.455 e. The van der Waals surface area contributed by atoms with E-state index in [4.69, 9.17) is 4.42 Å². The Hall–Kier alpha value is -6.74. The second-order valence-electron chi connectivity index (χ2n) is 14.3. The molecule has 2 heterocycles. The Labute approximate surface area is 314 Å². The zero-order valence-electron chi connectivity index (χ0n) is 29.1. The van der Waals surface area contributed by atoms with Crippen molar-refractivity contribution in [1.29, 1.82) is 0 Å². The summed E-state index contributed by atoms with van der Waals surface area (Å²) in [5.74, 6) is 0. The van der Waals surface area contributed by atoms with Crippen LogP contribution in [0.5, 0.6) is 0 Å². The van der Waals surface area contributed by atoms with Crippen molar-refractivity contribution in [2.75, 3.05) is 0 Å². The second-order valence-corrected chi connectivity index (χ2v) is 15.4. The van der Waals surface area contributed by atoms with Crippen LogP contribution in [0.25, 0.3) is 119 Å². The minimum Gasteiger partial charge on any atom is -0.455 e. The number of hydrogen-bond acceptors (Lipinski definition) is 2. The number of rotatable bonds is 3. The van der Waals surface area contributed by atoms with Crippen LogP contribution in [0, 0.1) is 0 Å². The average Bonchev–Trinajstić information content (AvgIpc) is 3.81. The van der Waals surface area contributed by atoms with E-state index < -0.39 is 0 Å². The van der Waals surface area contributed by atoms with E-state index in [-0.39, 0.29) is 0 Å². The molecule has 0 aliphatic carbocycles. The van der Waals surface area contributed by atoms with Gasteiger partial charge in [0.2, 0.25) is 0 Å². The molecule has 0 N–H and O–H groups in total.